The van der Waals surface area contributed by atoms with E-state index in [0.29, 0.717) is 5.56 Å². The summed E-state index contributed by atoms with van der Waals surface area (Å²) < 4.78 is 1.26. The van der Waals surface area contributed by atoms with E-state index in [4.69, 9.17) is 5.53 Å². The van der Waals surface area contributed by atoms with E-state index in [1.54, 1.807) is 6.92 Å². The zero-order valence-electron chi connectivity index (χ0n) is 10.6. The molecule has 0 radical (unpaired) electrons. The van der Waals surface area contributed by atoms with Crippen LogP contribution < -0.4 is 11.2 Å². The summed E-state index contributed by atoms with van der Waals surface area (Å²) in [5.41, 5.74) is 5.99. The van der Waals surface area contributed by atoms with Crippen molar-refractivity contribution in [1.29, 1.82) is 0 Å². The second-order valence-electron chi connectivity index (χ2n) is 4.51. The van der Waals surface area contributed by atoms with Crippen LogP contribution in [0.25, 0.3) is 10.4 Å². The maximum atomic E-state index is 11.8. The van der Waals surface area contributed by atoms with E-state index in [2.05, 4.69) is 15.0 Å². The summed E-state index contributed by atoms with van der Waals surface area (Å²) in [6.07, 6.45) is 1.35. The molecule has 2 heterocycles. The molecule has 1 fully saturated rings. The Morgan fingerprint density at radius 2 is 2.40 bits per heavy atom. The van der Waals surface area contributed by atoms with Gasteiger partial charge in [-0.25, -0.2) is 4.79 Å². The number of rotatable bonds is 3. The Labute approximate surface area is 116 Å². The third-order valence-electron chi connectivity index (χ3n) is 3.15. The number of hydrogen-bond acceptors (Lipinski definition) is 6. The van der Waals surface area contributed by atoms with Crippen molar-refractivity contribution in [2.24, 2.45) is 5.11 Å². The van der Waals surface area contributed by atoms with E-state index in [9.17, 15) is 19.8 Å². The highest BCUT2D eigenvalue weighted by Crippen LogP contribution is 2.47. The van der Waals surface area contributed by atoms with Gasteiger partial charge in [-0.05, 0) is 12.5 Å². The van der Waals surface area contributed by atoms with Gasteiger partial charge in [0, 0.05) is 23.1 Å². The minimum atomic E-state index is -1.76. The number of aryl methyl sites for hydroxylation is 1. The lowest BCUT2D eigenvalue weighted by Gasteiger charge is -2.20. The molecule has 1 aliphatic heterocycles. The van der Waals surface area contributed by atoms with Crippen LogP contribution in [0.2, 0.25) is 0 Å². The second kappa shape index (κ2) is 5.33. The first-order valence-corrected chi connectivity index (χ1v) is 6.72. The molecule has 0 aromatic carbocycles. The minimum Gasteiger partial charge on any atom is -0.395 e. The fourth-order valence-electron chi connectivity index (χ4n) is 2.07. The van der Waals surface area contributed by atoms with Gasteiger partial charge >= 0.3 is 5.69 Å². The van der Waals surface area contributed by atoms with Crippen LogP contribution in [0.5, 0.6) is 0 Å². The third-order valence-corrected chi connectivity index (χ3v) is 4.71. The molecule has 10 heteroatoms. The van der Waals surface area contributed by atoms with Crippen LogP contribution in [-0.2, 0) is 0 Å². The molecule has 0 saturated carbocycles. The number of nitrogens with zero attached hydrogens (tertiary/aromatic N) is 4. The highest BCUT2D eigenvalue weighted by atomic mass is 32.2. The Bertz CT molecular complexity index is 679. The fraction of sp³-hybridized carbons (Fsp3) is 0.600. The number of H-pyrrole nitrogens is 1. The summed E-state index contributed by atoms with van der Waals surface area (Å²) in [6, 6.07) is 0. The van der Waals surface area contributed by atoms with Crippen LogP contribution in [0.15, 0.2) is 20.9 Å². The Kier molecular flexibility index (Phi) is 3.91. The first-order valence-electron chi connectivity index (χ1n) is 5.78. The largest absolute Gasteiger partial charge is 0.395 e. The molecule has 1 aromatic heterocycles. The zero-order chi connectivity index (χ0) is 14.9. The van der Waals surface area contributed by atoms with E-state index >= 15 is 0 Å². The van der Waals surface area contributed by atoms with E-state index in [0.717, 1.165) is 11.8 Å². The molecule has 3 N–H and O–H groups in total. The van der Waals surface area contributed by atoms with Crippen molar-refractivity contribution < 1.29 is 10.2 Å². The normalized spacial score (nSPS) is 29.1. The van der Waals surface area contributed by atoms with E-state index in [1.165, 1.54) is 10.8 Å². The van der Waals surface area contributed by atoms with Crippen molar-refractivity contribution in [1.82, 2.24) is 9.55 Å². The number of aliphatic hydroxyl groups excluding tert-OH is 1. The molecule has 108 valence electrons. The average Bonchev–Trinajstić information content (AvgIpc) is 2.71. The van der Waals surface area contributed by atoms with Gasteiger partial charge in [-0.1, -0.05) is 5.11 Å². The Morgan fingerprint density at radius 1 is 1.70 bits per heavy atom. The Morgan fingerprint density at radius 3 is 3.00 bits per heavy atom. The highest BCUT2D eigenvalue weighted by Gasteiger charge is 2.47. The van der Waals surface area contributed by atoms with Crippen LogP contribution >= 0.6 is 11.8 Å². The van der Waals surface area contributed by atoms with Crippen molar-refractivity contribution in [2.75, 3.05) is 6.61 Å². The first-order chi connectivity index (χ1) is 9.41. The first kappa shape index (κ1) is 14.7. The van der Waals surface area contributed by atoms with Gasteiger partial charge in [0.15, 0.2) is 5.72 Å². The molecule has 1 aliphatic rings. The lowest BCUT2D eigenvalue weighted by molar-refractivity contribution is 0.0263. The topological polar surface area (TPSA) is 144 Å². The molecule has 1 aromatic rings. The molecule has 2 rings (SSSR count). The Balaban J connectivity index is 2.42. The number of nitrogens with one attached hydrogen (secondary N) is 1. The van der Waals surface area contributed by atoms with E-state index in [-0.39, 0.29) is 6.42 Å². The number of aromatic amines is 1. The zero-order valence-corrected chi connectivity index (χ0v) is 11.4. The van der Waals surface area contributed by atoms with Crippen LogP contribution in [0, 0.1) is 6.92 Å². The highest BCUT2D eigenvalue weighted by molar-refractivity contribution is 8.00. The lowest BCUT2D eigenvalue weighted by Crippen LogP contribution is -2.36. The summed E-state index contributed by atoms with van der Waals surface area (Å²) in [6.45, 7) is 1.16. The SMILES string of the molecule is Cc1cn([C@H]2C[C@@](O)(N=[N+]=[N-])[C@@H](CO)S2)c(=O)[nH]c1=O. The van der Waals surface area contributed by atoms with Crippen molar-refractivity contribution in [3.05, 3.63) is 43.0 Å². The van der Waals surface area contributed by atoms with E-state index in [1.807, 2.05) is 0 Å². The van der Waals surface area contributed by atoms with Gasteiger partial charge in [0.05, 0.1) is 17.2 Å². The summed E-state index contributed by atoms with van der Waals surface area (Å²) in [7, 11) is 0. The van der Waals surface area contributed by atoms with Crippen LogP contribution in [0.4, 0.5) is 0 Å². The van der Waals surface area contributed by atoms with E-state index < -0.39 is 34.2 Å². The molecule has 0 aliphatic carbocycles. The van der Waals surface area contributed by atoms with Gasteiger partial charge < -0.3 is 10.2 Å². The molecule has 9 nitrogen and oxygen atoms in total. The predicted molar refractivity (Wildman–Crippen MR) is 72.3 cm³/mol. The fourth-order valence-corrected chi connectivity index (χ4v) is 3.53. The molecular weight excluding hydrogens is 286 g/mol. The molecule has 3 atom stereocenters. The molecular formula is C10H13N5O4S. The van der Waals surface area contributed by atoms with Gasteiger partial charge in [0.1, 0.15) is 0 Å². The standard InChI is InChI=1S/C10H13N5O4S/c1-5-3-15(9(18)12-8(5)17)7-2-10(19,13-14-11)6(4-16)20-7/h3,6-7,16,19H,2,4H2,1H3,(H,12,17,18)/t6-,7-,10+/m1/s1. The van der Waals surface area contributed by atoms with Crippen LogP contribution in [-0.4, -0.2) is 37.3 Å². The van der Waals surface area contributed by atoms with Gasteiger partial charge in [0.2, 0.25) is 0 Å². The van der Waals surface area contributed by atoms with Crippen LogP contribution in [0.3, 0.4) is 0 Å². The molecule has 1 saturated heterocycles. The summed E-state index contributed by atoms with van der Waals surface area (Å²) in [5.74, 6) is 0. The summed E-state index contributed by atoms with van der Waals surface area (Å²) in [4.78, 5) is 27.9. The molecule has 0 unspecified atom stereocenters. The van der Waals surface area contributed by atoms with Gasteiger partial charge in [-0.3, -0.25) is 14.3 Å². The van der Waals surface area contributed by atoms with Crippen molar-refractivity contribution in [3.63, 3.8) is 0 Å². The number of azide groups is 1. The van der Waals surface area contributed by atoms with Gasteiger partial charge in [0.25, 0.3) is 5.56 Å². The number of aromatic nitrogens is 2. The summed E-state index contributed by atoms with van der Waals surface area (Å²) in [5, 5.41) is 21.5. The van der Waals surface area contributed by atoms with Gasteiger partial charge in [-0.2, -0.15) is 0 Å². The number of thioether (sulfide) groups is 1. The summed E-state index contributed by atoms with van der Waals surface area (Å²) >= 11 is 1.12. The van der Waals surface area contributed by atoms with Crippen molar-refractivity contribution in [3.8, 4) is 0 Å². The molecule has 0 amide bonds. The second-order valence-corrected chi connectivity index (χ2v) is 5.90. The third kappa shape index (κ3) is 2.46. The average molecular weight is 299 g/mol. The Hall–Kier alpha value is -1.74. The van der Waals surface area contributed by atoms with Gasteiger partial charge in [-0.15, -0.1) is 11.8 Å². The monoisotopic (exact) mass is 299 g/mol. The number of hydrogen-bond donors (Lipinski definition) is 3. The van der Waals surface area contributed by atoms with Crippen LogP contribution in [0.1, 0.15) is 17.4 Å². The maximum absolute atomic E-state index is 11.8. The molecule has 20 heavy (non-hydrogen) atoms. The van der Waals surface area contributed by atoms with Crippen molar-refractivity contribution >= 4 is 11.8 Å². The maximum Gasteiger partial charge on any atom is 0.329 e. The number of aliphatic hydroxyl groups is 2. The molecule has 0 bridgehead atoms. The smallest absolute Gasteiger partial charge is 0.329 e. The lowest BCUT2D eigenvalue weighted by atomic mass is 10.1. The minimum absolute atomic E-state index is 0.0294. The molecule has 0 spiro atoms. The predicted octanol–water partition coefficient (Wildman–Crippen LogP) is -0.160. The van der Waals surface area contributed by atoms with Crippen molar-refractivity contribution in [2.45, 2.75) is 29.7 Å². The quantitative estimate of drug-likeness (QED) is 0.403.